The Morgan fingerprint density at radius 3 is 2.74 bits per heavy atom. The van der Waals surface area contributed by atoms with Crippen LogP contribution < -0.4 is 5.32 Å². The number of rotatable bonds is 5. The molecule has 2 rings (SSSR count). The molecule has 3 atom stereocenters. The van der Waals surface area contributed by atoms with Crippen molar-refractivity contribution in [1.82, 2.24) is 5.32 Å². The number of hydrogen-bond acceptors (Lipinski definition) is 1. The van der Waals surface area contributed by atoms with Gasteiger partial charge in [0.15, 0.2) is 0 Å². The molecule has 1 aromatic rings. The van der Waals surface area contributed by atoms with Crippen LogP contribution in [0, 0.1) is 17.7 Å². The summed E-state index contributed by atoms with van der Waals surface area (Å²) >= 11 is 0. The summed E-state index contributed by atoms with van der Waals surface area (Å²) in [7, 11) is 0. The van der Waals surface area contributed by atoms with Crippen molar-refractivity contribution in [1.29, 1.82) is 0 Å². The Labute approximate surface area is 116 Å². The van der Waals surface area contributed by atoms with Crippen molar-refractivity contribution >= 4 is 0 Å². The van der Waals surface area contributed by atoms with Crippen molar-refractivity contribution in [3.8, 4) is 0 Å². The van der Waals surface area contributed by atoms with E-state index in [1.807, 2.05) is 12.1 Å². The maximum Gasteiger partial charge on any atom is 0.126 e. The number of nitrogens with one attached hydrogen (secondary N) is 1. The lowest BCUT2D eigenvalue weighted by atomic mass is 9.80. The van der Waals surface area contributed by atoms with Gasteiger partial charge in [0.25, 0.3) is 0 Å². The molecule has 1 nitrogen and oxygen atoms in total. The highest BCUT2D eigenvalue weighted by Gasteiger charge is 2.21. The molecule has 1 N–H and O–H groups in total. The quantitative estimate of drug-likeness (QED) is 0.840. The minimum atomic E-state index is -0.0813. The van der Waals surface area contributed by atoms with Crippen LogP contribution in [-0.2, 0) is 6.42 Å². The van der Waals surface area contributed by atoms with Gasteiger partial charge in [-0.3, -0.25) is 0 Å². The summed E-state index contributed by atoms with van der Waals surface area (Å²) in [6.45, 7) is 5.60. The van der Waals surface area contributed by atoms with Gasteiger partial charge in [-0.25, -0.2) is 4.39 Å². The Morgan fingerprint density at radius 1 is 1.26 bits per heavy atom. The Kier molecular flexibility index (Phi) is 5.38. The molecule has 0 spiro atoms. The molecule has 1 fully saturated rings. The summed E-state index contributed by atoms with van der Waals surface area (Å²) in [6.07, 6.45) is 6.25. The molecule has 0 saturated heterocycles. The maximum atomic E-state index is 13.6. The number of halogens is 1. The predicted octanol–water partition coefficient (Wildman–Crippen LogP) is 4.17. The molecule has 106 valence electrons. The first-order chi connectivity index (χ1) is 9.16. The van der Waals surface area contributed by atoms with Crippen LogP contribution in [-0.4, -0.2) is 12.6 Å². The molecule has 1 aliphatic rings. The lowest BCUT2D eigenvalue weighted by molar-refractivity contribution is 0.242. The summed E-state index contributed by atoms with van der Waals surface area (Å²) in [6, 6.07) is 7.43. The largest absolute Gasteiger partial charge is 0.314 e. The van der Waals surface area contributed by atoms with Crippen molar-refractivity contribution in [3.63, 3.8) is 0 Å². The first kappa shape index (κ1) is 14.5. The summed E-state index contributed by atoms with van der Waals surface area (Å²) < 4.78 is 13.6. The van der Waals surface area contributed by atoms with E-state index in [-0.39, 0.29) is 5.82 Å². The summed E-state index contributed by atoms with van der Waals surface area (Å²) in [4.78, 5) is 0. The fourth-order valence-corrected chi connectivity index (χ4v) is 3.11. The molecular formula is C17H26FN. The van der Waals surface area contributed by atoms with E-state index in [1.54, 1.807) is 12.1 Å². The van der Waals surface area contributed by atoms with E-state index >= 15 is 0 Å². The fourth-order valence-electron chi connectivity index (χ4n) is 3.11. The zero-order valence-corrected chi connectivity index (χ0v) is 12.2. The Morgan fingerprint density at radius 2 is 2.00 bits per heavy atom. The molecule has 0 radical (unpaired) electrons. The van der Waals surface area contributed by atoms with E-state index < -0.39 is 0 Å². The zero-order chi connectivity index (χ0) is 13.7. The van der Waals surface area contributed by atoms with Crippen LogP contribution in [0.2, 0.25) is 0 Å². The van der Waals surface area contributed by atoms with Crippen molar-refractivity contribution < 1.29 is 4.39 Å². The smallest absolute Gasteiger partial charge is 0.126 e. The Bertz CT molecular complexity index is 391. The minimum absolute atomic E-state index is 0.0813. The van der Waals surface area contributed by atoms with Gasteiger partial charge in [-0.1, -0.05) is 44.4 Å². The lowest BCUT2D eigenvalue weighted by Gasteiger charge is -2.30. The monoisotopic (exact) mass is 263 g/mol. The van der Waals surface area contributed by atoms with Gasteiger partial charge < -0.3 is 5.32 Å². The van der Waals surface area contributed by atoms with Crippen LogP contribution >= 0.6 is 0 Å². The minimum Gasteiger partial charge on any atom is -0.314 e. The maximum absolute atomic E-state index is 13.6. The molecule has 1 aliphatic carbocycles. The van der Waals surface area contributed by atoms with Gasteiger partial charge in [0.2, 0.25) is 0 Å². The molecule has 3 unspecified atom stereocenters. The molecule has 19 heavy (non-hydrogen) atoms. The normalized spacial score (nSPS) is 25.2. The van der Waals surface area contributed by atoms with Crippen LogP contribution in [0.1, 0.15) is 45.1 Å². The molecule has 0 aromatic heterocycles. The van der Waals surface area contributed by atoms with Crippen LogP contribution in [0.5, 0.6) is 0 Å². The molecule has 0 bridgehead atoms. The zero-order valence-electron chi connectivity index (χ0n) is 12.2. The molecule has 1 aromatic carbocycles. The Balaban J connectivity index is 1.78. The Hall–Kier alpha value is -0.890. The van der Waals surface area contributed by atoms with Crippen molar-refractivity contribution in [3.05, 3.63) is 35.6 Å². The van der Waals surface area contributed by atoms with Gasteiger partial charge in [0.05, 0.1) is 0 Å². The van der Waals surface area contributed by atoms with E-state index in [1.165, 1.54) is 25.7 Å². The predicted molar refractivity (Wildman–Crippen MR) is 78.7 cm³/mol. The standard InChI is InChI=1S/C17H26FN/c1-13-7-3-4-9-16(13)12-19-14(2)11-15-8-5-6-10-17(15)18/h5-6,8,10,13-14,16,19H,3-4,7,9,11-12H2,1-2H3. The first-order valence-corrected chi connectivity index (χ1v) is 7.63. The second-order valence-corrected chi connectivity index (χ2v) is 6.13. The van der Waals surface area contributed by atoms with E-state index in [4.69, 9.17) is 0 Å². The average molecular weight is 263 g/mol. The third-order valence-electron chi connectivity index (χ3n) is 4.50. The first-order valence-electron chi connectivity index (χ1n) is 7.63. The lowest BCUT2D eigenvalue weighted by Crippen LogP contribution is -2.36. The molecule has 0 aliphatic heterocycles. The van der Waals surface area contributed by atoms with Gasteiger partial charge in [0.1, 0.15) is 5.82 Å². The summed E-state index contributed by atoms with van der Waals surface area (Å²) in [5.41, 5.74) is 0.819. The summed E-state index contributed by atoms with van der Waals surface area (Å²) in [5.74, 6) is 1.56. The van der Waals surface area contributed by atoms with Crippen molar-refractivity contribution in [2.24, 2.45) is 11.8 Å². The van der Waals surface area contributed by atoms with E-state index in [2.05, 4.69) is 19.2 Å². The summed E-state index contributed by atoms with van der Waals surface area (Å²) in [5, 5.41) is 3.59. The number of hydrogen-bond donors (Lipinski definition) is 1. The third kappa shape index (κ3) is 4.31. The van der Waals surface area contributed by atoms with Gasteiger partial charge >= 0.3 is 0 Å². The van der Waals surface area contributed by atoms with E-state index in [0.717, 1.165) is 30.4 Å². The highest BCUT2D eigenvalue weighted by molar-refractivity contribution is 5.18. The van der Waals surface area contributed by atoms with E-state index in [9.17, 15) is 4.39 Å². The fraction of sp³-hybridized carbons (Fsp3) is 0.647. The highest BCUT2D eigenvalue weighted by Crippen LogP contribution is 2.28. The van der Waals surface area contributed by atoms with Gasteiger partial charge in [-0.15, -0.1) is 0 Å². The second kappa shape index (κ2) is 7.04. The molecule has 0 heterocycles. The van der Waals surface area contributed by atoms with Crippen LogP contribution in [0.3, 0.4) is 0 Å². The topological polar surface area (TPSA) is 12.0 Å². The van der Waals surface area contributed by atoms with Crippen LogP contribution in [0.15, 0.2) is 24.3 Å². The van der Waals surface area contributed by atoms with Crippen LogP contribution in [0.4, 0.5) is 4.39 Å². The van der Waals surface area contributed by atoms with Gasteiger partial charge in [-0.2, -0.15) is 0 Å². The molecule has 0 amide bonds. The van der Waals surface area contributed by atoms with Crippen LogP contribution in [0.25, 0.3) is 0 Å². The third-order valence-corrected chi connectivity index (χ3v) is 4.50. The molecule has 1 saturated carbocycles. The van der Waals surface area contributed by atoms with Gasteiger partial charge in [-0.05, 0) is 49.8 Å². The van der Waals surface area contributed by atoms with E-state index in [0.29, 0.717) is 6.04 Å². The highest BCUT2D eigenvalue weighted by atomic mass is 19.1. The molecule has 2 heteroatoms. The average Bonchev–Trinajstić information content (AvgIpc) is 2.40. The second-order valence-electron chi connectivity index (χ2n) is 6.13. The SMILES string of the molecule is CC(Cc1ccccc1F)NCC1CCCCC1C. The van der Waals surface area contributed by atoms with Gasteiger partial charge in [0, 0.05) is 6.04 Å². The van der Waals surface area contributed by atoms with Crippen molar-refractivity contribution in [2.75, 3.05) is 6.54 Å². The number of benzene rings is 1. The molecular weight excluding hydrogens is 237 g/mol. The van der Waals surface area contributed by atoms with Crippen molar-refractivity contribution in [2.45, 2.75) is 52.0 Å².